The lowest BCUT2D eigenvalue weighted by atomic mass is 10.1. The van der Waals surface area contributed by atoms with E-state index in [1.54, 1.807) is 0 Å². The molecule has 0 amide bonds. The van der Waals surface area contributed by atoms with Gasteiger partial charge in [-0.1, -0.05) is 12.1 Å². The first-order valence-electron chi connectivity index (χ1n) is 6.01. The fourth-order valence-corrected chi connectivity index (χ4v) is 3.84. The van der Waals surface area contributed by atoms with E-state index in [0.29, 0.717) is 5.56 Å². The van der Waals surface area contributed by atoms with Gasteiger partial charge in [-0.2, -0.15) is 8.78 Å². The monoisotopic (exact) mass is 321 g/mol. The second kappa shape index (κ2) is 5.94. The number of carbonyl (C=O) groups is 1. The molecule has 0 radical (unpaired) electrons. The number of ether oxygens (including phenoxy) is 1. The summed E-state index contributed by atoms with van der Waals surface area (Å²) in [6, 6.07) is 3.52. The van der Waals surface area contributed by atoms with E-state index in [0.717, 1.165) is 0 Å². The molecule has 2 atom stereocenters. The van der Waals surface area contributed by atoms with Crippen LogP contribution in [0.3, 0.4) is 0 Å². The lowest BCUT2D eigenvalue weighted by Crippen LogP contribution is -2.51. The van der Waals surface area contributed by atoms with Crippen LogP contribution in [0.2, 0.25) is 0 Å². The Labute approximate surface area is 119 Å². The molecule has 9 heteroatoms. The lowest BCUT2D eigenvalue weighted by Gasteiger charge is -2.29. The number of hydrogen-bond acceptors (Lipinski definition) is 5. The average Bonchev–Trinajstić information content (AvgIpc) is 2.36. The van der Waals surface area contributed by atoms with Crippen molar-refractivity contribution in [1.82, 2.24) is 5.32 Å². The number of benzene rings is 1. The molecule has 1 aliphatic rings. The van der Waals surface area contributed by atoms with Crippen LogP contribution in [-0.2, 0) is 14.6 Å². The minimum absolute atomic E-state index is 0.112. The number of nitrogens with one attached hydrogen (secondary N) is 1. The Bertz CT molecular complexity index is 634. The van der Waals surface area contributed by atoms with Gasteiger partial charge < -0.3 is 9.84 Å². The van der Waals surface area contributed by atoms with Crippen molar-refractivity contribution in [3.63, 3.8) is 0 Å². The van der Waals surface area contributed by atoms with Gasteiger partial charge in [0.15, 0.2) is 9.84 Å². The molecule has 0 bridgehead atoms. The highest BCUT2D eigenvalue weighted by atomic mass is 32.2. The van der Waals surface area contributed by atoms with Crippen LogP contribution in [0, 0.1) is 0 Å². The Morgan fingerprint density at radius 1 is 1.38 bits per heavy atom. The molecule has 1 aromatic rings. The van der Waals surface area contributed by atoms with Crippen LogP contribution in [0.1, 0.15) is 11.6 Å². The first-order chi connectivity index (χ1) is 9.77. The number of carboxylic acids is 1. The normalized spacial score (nSPS) is 24.7. The average molecular weight is 321 g/mol. The first-order valence-corrected chi connectivity index (χ1v) is 7.83. The predicted molar refractivity (Wildman–Crippen MR) is 69.0 cm³/mol. The van der Waals surface area contributed by atoms with Gasteiger partial charge in [0.25, 0.3) is 0 Å². The van der Waals surface area contributed by atoms with E-state index in [-0.39, 0.29) is 11.5 Å². The Morgan fingerprint density at radius 2 is 2.10 bits per heavy atom. The van der Waals surface area contributed by atoms with E-state index >= 15 is 0 Å². The third-order valence-electron chi connectivity index (χ3n) is 3.03. The second-order valence-electron chi connectivity index (χ2n) is 4.64. The summed E-state index contributed by atoms with van der Waals surface area (Å²) in [4.78, 5) is 11.0. The molecular weight excluding hydrogens is 308 g/mol. The summed E-state index contributed by atoms with van der Waals surface area (Å²) in [6.45, 7) is -2.99. The summed E-state index contributed by atoms with van der Waals surface area (Å²) < 4.78 is 52.1. The van der Waals surface area contributed by atoms with Crippen LogP contribution in [0.5, 0.6) is 5.75 Å². The molecule has 1 heterocycles. The molecule has 0 aromatic heterocycles. The van der Waals surface area contributed by atoms with E-state index < -0.39 is 40.3 Å². The highest BCUT2D eigenvalue weighted by Crippen LogP contribution is 2.25. The Kier molecular flexibility index (Phi) is 4.43. The highest BCUT2D eigenvalue weighted by Gasteiger charge is 2.35. The molecule has 116 valence electrons. The molecule has 0 spiro atoms. The van der Waals surface area contributed by atoms with Crippen LogP contribution in [0.25, 0.3) is 0 Å². The predicted octanol–water partition coefficient (Wildman–Crippen LogP) is 0.800. The van der Waals surface area contributed by atoms with Crippen molar-refractivity contribution in [2.45, 2.75) is 18.7 Å². The van der Waals surface area contributed by atoms with Crippen molar-refractivity contribution in [1.29, 1.82) is 0 Å². The largest absolute Gasteiger partial charge is 0.480 e. The minimum Gasteiger partial charge on any atom is -0.480 e. The molecule has 2 rings (SSSR count). The summed E-state index contributed by atoms with van der Waals surface area (Å²) in [5.41, 5.74) is 0.377. The Morgan fingerprint density at radius 3 is 2.71 bits per heavy atom. The molecule has 1 fully saturated rings. The Balaban J connectivity index is 2.26. The molecule has 6 nitrogen and oxygen atoms in total. The maximum Gasteiger partial charge on any atom is 0.387 e. The minimum atomic E-state index is -3.54. The van der Waals surface area contributed by atoms with Crippen LogP contribution in [-0.4, -0.2) is 43.7 Å². The topological polar surface area (TPSA) is 92.7 Å². The van der Waals surface area contributed by atoms with Gasteiger partial charge in [0.2, 0.25) is 0 Å². The van der Waals surface area contributed by atoms with E-state index in [9.17, 15) is 22.0 Å². The SMILES string of the molecule is O=C(O)C1CS(=O)(=O)CC(c2cccc(OC(F)F)c2)N1. The van der Waals surface area contributed by atoms with Gasteiger partial charge in [-0.3, -0.25) is 10.1 Å². The number of halogens is 2. The standard InChI is InChI=1S/C12H13F2NO5S/c13-12(14)20-8-3-1-2-7(4-8)9-5-21(18,19)6-10(15-9)11(16)17/h1-4,9-10,12,15H,5-6H2,(H,16,17). The summed E-state index contributed by atoms with van der Waals surface area (Å²) in [5.74, 6) is -2.18. The van der Waals surface area contributed by atoms with Crippen molar-refractivity contribution in [2.75, 3.05) is 11.5 Å². The van der Waals surface area contributed by atoms with Gasteiger partial charge in [0.1, 0.15) is 11.8 Å². The molecule has 2 N–H and O–H groups in total. The zero-order chi connectivity index (χ0) is 15.6. The van der Waals surface area contributed by atoms with Gasteiger partial charge in [0.05, 0.1) is 11.5 Å². The fourth-order valence-electron chi connectivity index (χ4n) is 2.16. The maximum absolute atomic E-state index is 12.2. The molecule has 2 unspecified atom stereocenters. The van der Waals surface area contributed by atoms with E-state index in [1.807, 2.05) is 0 Å². The van der Waals surface area contributed by atoms with E-state index in [4.69, 9.17) is 5.11 Å². The summed E-state index contributed by atoms with van der Waals surface area (Å²) in [6.07, 6.45) is 0. The van der Waals surface area contributed by atoms with Crippen LogP contribution >= 0.6 is 0 Å². The van der Waals surface area contributed by atoms with E-state index in [1.165, 1.54) is 24.3 Å². The van der Waals surface area contributed by atoms with Crippen molar-refractivity contribution in [2.24, 2.45) is 0 Å². The van der Waals surface area contributed by atoms with Crippen LogP contribution in [0.15, 0.2) is 24.3 Å². The van der Waals surface area contributed by atoms with Crippen molar-refractivity contribution >= 4 is 15.8 Å². The van der Waals surface area contributed by atoms with Crippen molar-refractivity contribution < 1.29 is 31.8 Å². The summed E-state index contributed by atoms with van der Waals surface area (Å²) in [7, 11) is -3.54. The third kappa shape index (κ3) is 4.11. The molecule has 1 aromatic carbocycles. The zero-order valence-corrected chi connectivity index (χ0v) is 11.5. The quantitative estimate of drug-likeness (QED) is 0.852. The van der Waals surface area contributed by atoms with Crippen LogP contribution < -0.4 is 10.1 Å². The molecule has 1 saturated heterocycles. The summed E-state index contributed by atoms with van der Waals surface area (Å²) >= 11 is 0. The molecule has 0 saturated carbocycles. The Hall–Kier alpha value is -1.74. The lowest BCUT2D eigenvalue weighted by molar-refractivity contribution is -0.139. The number of rotatable bonds is 4. The first kappa shape index (κ1) is 15.6. The number of sulfone groups is 1. The molecule has 21 heavy (non-hydrogen) atoms. The van der Waals surface area contributed by atoms with Crippen molar-refractivity contribution in [3.8, 4) is 5.75 Å². The number of carboxylic acid groups (broad SMARTS) is 1. The molecule has 0 aliphatic carbocycles. The third-order valence-corrected chi connectivity index (χ3v) is 4.71. The van der Waals surface area contributed by atoms with E-state index in [2.05, 4.69) is 10.1 Å². The van der Waals surface area contributed by atoms with Gasteiger partial charge in [-0.15, -0.1) is 0 Å². The second-order valence-corrected chi connectivity index (χ2v) is 6.79. The molecule has 1 aliphatic heterocycles. The van der Waals surface area contributed by atoms with Gasteiger partial charge in [-0.05, 0) is 17.7 Å². The van der Waals surface area contributed by atoms with Gasteiger partial charge in [-0.25, -0.2) is 8.42 Å². The number of aliphatic carboxylic acids is 1. The zero-order valence-electron chi connectivity index (χ0n) is 10.7. The van der Waals surface area contributed by atoms with Gasteiger partial charge >= 0.3 is 12.6 Å². The van der Waals surface area contributed by atoms with Crippen molar-refractivity contribution in [3.05, 3.63) is 29.8 Å². The number of hydrogen-bond donors (Lipinski definition) is 2. The fraction of sp³-hybridized carbons (Fsp3) is 0.417. The smallest absolute Gasteiger partial charge is 0.387 e. The number of alkyl halides is 2. The van der Waals surface area contributed by atoms with Gasteiger partial charge in [0, 0.05) is 6.04 Å². The molecular formula is C12H13F2NO5S. The highest BCUT2D eigenvalue weighted by molar-refractivity contribution is 7.91. The van der Waals surface area contributed by atoms with Crippen LogP contribution in [0.4, 0.5) is 8.78 Å². The summed E-state index contributed by atoms with van der Waals surface area (Å²) in [5, 5.41) is 11.6. The maximum atomic E-state index is 12.2.